The maximum absolute atomic E-state index is 12.5. The summed E-state index contributed by atoms with van der Waals surface area (Å²) in [7, 11) is 0. The van der Waals surface area contributed by atoms with Crippen LogP contribution in [0.1, 0.15) is 16.7 Å². The van der Waals surface area contributed by atoms with Gasteiger partial charge in [0.05, 0.1) is 4.92 Å². The summed E-state index contributed by atoms with van der Waals surface area (Å²) in [6.07, 6.45) is 1.36. The van der Waals surface area contributed by atoms with Crippen molar-refractivity contribution < 1.29 is 19.2 Å². The average Bonchev–Trinajstić information content (AvgIpc) is 2.84. The normalized spacial score (nSPS) is 10.7. The molecule has 2 N–H and O–H groups in total. The zero-order valence-corrected chi connectivity index (χ0v) is 19.1. The summed E-state index contributed by atoms with van der Waals surface area (Å²) in [6.45, 7) is 3.72. The molecular formula is C26H22N4O5. The number of hydrogen-bond acceptors (Lipinski definition) is 6. The predicted octanol–water partition coefficient (Wildman–Crippen LogP) is 4.77. The van der Waals surface area contributed by atoms with Crippen molar-refractivity contribution >= 4 is 35.0 Å². The van der Waals surface area contributed by atoms with Crippen molar-refractivity contribution in [3.05, 3.63) is 99.1 Å². The molecule has 0 aliphatic heterocycles. The van der Waals surface area contributed by atoms with Crippen LogP contribution in [0.5, 0.6) is 5.75 Å². The molecule has 2 amide bonds. The minimum absolute atomic E-state index is 0.184. The molecule has 9 nitrogen and oxygen atoms in total. The first-order chi connectivity index (χ1) is 16.7. The van der Waals surface area contributed by atoms with Crippen LogP contribution in [0.15, 0.2) is 72.3 Å². The van der Waals surface area contributed by atoms with E-state index in [4.69, 9.17) is 4.74 Å². The minimum Gasteiger partial charge on any atom is -0.484 e. The lowest BCUT2D eigenvalue weighted by Gasteiger charge is -2.09. The van der Waals surface area contributed by atoms with Crippen LogP contribution in [0, 0.1) is 35.3 Å². The fourth-order valence-electron chi connectivity index (χ4n) is 3.07. The van der Waals surface area contributed by atoms with Crippen molar-refractivity contribution in [1.29, 1.82) is 5.26 Å². The Morgan fingerprint density at radius 2 is 1.74 bits per heavy atom. The quantitative estimate of drug-likeness (QED) is 0.211. The van der Waals surface area contributed by atoms with Crippen LogP contribution in [0.4, 0.5) is 17.1 Å². The largest absolute Gasteiger partial charge is 0.484 e. The van der Waals surface area contributed by atoms with Crippen LogP contribution >= 0.6 is 0 Å². The van der Waals surface area contributed by atoms with E-state index in [1.54, 1.807) is 24.3 Å². The second kappa shape index (κ2) is 11.2. The number of carbonyl (C=O) groups is 2. The van der Waals surface area contributed by atoms with E-state index in [1.807, 2.05) is 38.1 Å². The molecule has 0 radical (unpaired) electrons. The Morgan fingerprint density at radius 3 is 2.46 bits per heavy atom. The van der Waals surface area contributed by atoms with Gasteiger partial charge in [-0.3, -0.25) is 19.7 Å². The van der Waals surface area contributed by atoms with E-state index in [0.717, 1.165) is 11.1 Å². The molecule has 0 saturated heterocycles. The second-order valence-corrected chi connectivity index (χ2v) is 7.64. The van der Waals surface area contributed by atoms with Crippen molar-refractivity contribution in [2.45, 2.75) is 13.8 Å². The van der Waals surface area contributed by atoms with Crippen molar-refractivity contribution in [1.82, 2.24) is 0 Å². The lowest BCUT2D eigenvalue weighted by Crippen LogP contribution is -2.20. The van der Waals surface area contributed by atoms with Gasteiger partial charge in [-0.15, -0.1) is 0 Å². The number of anilines is 2. The molecule has 0 bridgehead atoms. The summed E-state index contributed by atoms with van der Waals surface area (Å²) < 4.78 is 5.55. The van der Waals surface area contributed by atoms with Crippen LogP contribution < -0.4 is 15.4 Å². The SMILES string of the molecule is Cc1ccc(NC(=O)COc2cccc(/C=C(/C#N)C(=O)Nc3cccc([N+](=O)[O-])c3)c2)cc1C. The van der Waals surface area contributed by atoms with Gasteiger partial charge in [0.15, 0.2) is 6.61 Å². The number of nitriles is 1. The second-order valence-electron chi connectivity index (χ2n) is 7.64. The molecule has 3 rings (SSSR count). The van der Waals surface area contributed by atoms with Gasteiger partial charge in [0.1, 0.15) is 17.4 Å². The molecule has 0 fully saturated rings. The Hall–Kier alpha value is -4.97. The number of hydrogen-bond donors (Lipinski definition) is 2. The molecule has 0 aliphatic carbocycles. The van der Waals surface area contributed by atoms with E-state index >= 15 is 0 Å². The number of non-ortho nitro benzene ring substituents is 1. The number of carbonyl (C=O) groups excluding carboxylic acids is 2. The molecule has 0 heterocycles. The van der Waals surface area contributed by atoms with Gasteiger partial charge in [-0.2, -0.15) is 5.26 Å². The number of amides is 2. The number of nitro benzene ring substituents is 1. The van der Waals surface area contributed by atoms with E-state index in [9.17, 15) is 25.0 Å². The molecule has 176 valence electrons. The van der Waals surface area contributed by atoms with Gasteiger partial charge in [-0.05, 0) is 66.9 Å². The summed E-state index contributed by atoms with van der Waals surface area (Å²) in [4.78, 5) is 35.1. The number of rotatable bonds is 8. The monoisotopic (exact) mass is 470 g/mol. The zero-order valence-electron chi connectivity index (χ0n) is 19.1. The van der Waals surface area contributed by atoms with Crippen LogP contribution in [-0.4, -0.2) is 23.3 Å². The van der Waals surface area contributed by atoms with Gasteiger partial charge in [-0.1, -0.05) is 24.3 Å². The Labute approximate surface area is 201 Å². The number of aryl methyl sites for hydroxylation is 2. The van der Waals surface area contributed by atoms with E-state index < -0.39 is 10.8 Å². The van der Waals surface area contributed by atoms with Crippen LogP contribution in [-0.2, 0) is 9.59 Å². The molecule has 9 heteroatoms. The van der Waals surface area contributed by atoms with Gasteiger partial charge in [0, 0.05) is 23.5 Å². The van der Waals surface area contributed by atoms with Gasteiger partial charge >= 0.3 is 0 Å². The average molecular weight is 470 g/mol. The van der Waals surface area contributed by atoms with Gasteiger partial charge in [0.25, 0.3) is 17.5 Å². The maximum atomic E-state index is 12.5. The Balaban J connectivity index is 1.64. The summed E-state index contributed by atoms with van der Waals surface area (Å²) >= 11 is 0. The van der Waals surface area contributed by atoms with Crippen molar-refractivity contribution in [2.24, 2.45) is 0 Å². The van der Waals surface area contributed by atoms with Crippen molar-refractivity contribution in [3.63, 3.8) is 0 Å². The van der Waals surface area contributed by atoms with Crippen molar-refractivity contribution in [2.75, 3.05) is 17.2 Å². The fourth-order valence-corrected chi connectivity index (χ4v) is 3.07. The van der Waals surface area contributed by atoms with Crippen LogP contribution in [0.25, 0.3) is 6.08 Å². The van der Waals surface area contributed by atoms with Gasteiger partial charge < -0.3 is 15.4 Å². The number of benzene rings is 3. The van der Waals surface area contributed by atoms with E-state index in [1.165, 1.54) is 30.3 Å². The molecule has 0 saturated carbocycles. The minimum atomic E-state index is -0.716. The highest BCUT2D eigenvalue weighted by molar-refractivity contribution is 6.09. The highest BCUT2D eigenvalue weighted by atomic mass is 16.6. The molecule has 35 heavy (non-hydrogen) atoms. The highest BCUT2D eigenvalue weighted by Gasteiger charge is 2.13. The molecule has 0 spiro atoms. The first kappa shape index (κ1) is 24.7. The number of nitro groups is 1. The molecule has 0 unspecified atom stereocenters. The van der Waals surface area contributed by atoms with E-state index in [2.05, 4.69) is 10.6 Å². The first-order valence-electron chi connectivity index (χ1n) is 10.5. The third-order valence-corrected chi connectivity index (χ3v) is 5.01. The van der Waals surface area contributed by atoms with Gasteiger partial charge in [-0.25, -0.2) is 0 Å². The van der Waals surface area contributed by atoms with Crippen molar-refractivity contribution in [3.8, 4) is 11.8 Å². The third kappa shape index (κ3) is 7.00. The van der Waals surface area contributed by atoms with Crippen LogP contribution in [0.2, 0.25) is 0 Å². The summed E-state index contributed by atoms with van der Waals surface area (Å²) in [5.41, 5.74) is 3.16. The zero-order chi connectivity index (χ0) is 25.4. The molecular weight excluding hydrogens is 448 g/mol. The number of ether oxygens (including phenoxy) is 1. The third-order valence-electron chi connectivity index (χ3n) is 5.01. The standard InChI is InChI=1S/C26H22N4O5/c1-17-9-10-22(11-18(17)2)28-25(31)16-35-24-8-3-5-19(13-24)12-20(15-27)26(32)29-21-6-4-7-23(14-21)30(33)34/h3-14H,16H2,1-2H3,(H,28,31)(H,29,32)/b20-12-. The van der Waals surface area contributed by atoms with E-state index in [-0.39, 0.29) is 29.5 Å². The Morgan fingerprint density at radius 1 is 1.00 bits per heavy atom. The Kier molecular flexibility index (Phi) is 7.93. The van der Waals surface area contributed by atoms with E-state index in [0.29, 0.717) is 17.0 Å². The topological polar surface area (TPSA) is 134 Å². The first-order valence-corrected chi connectivity index (χ1v) is 10.5. The molecule has 3 aromatic carbocycles. The lowest BCUT2D eigenvalue weighted by molar-refractivity contribution is -0.384. The number of nitrogens with zero attached hydrogens (tertiary/aromatic N) is 2. The lowest BCUT2D eigenvalue weighted by atomic mass is 10.1. The van der Waals surface area contributed by atoms with Gasteiger partial charge in [0.2, 0.25) is 0 Å². The smallest absolute Gasteiger partial charge is 0.271 e. The fraction of sp³-hybridized carbons (Fsp3) is 0.115. The number of nitrogens with one attached hydrogen (secondary N) is 2. The van der Waals surface area contributed by atoms with Crippen LogP contribution in [0.3, 0.4) is 0 Å². The molecule has 3 aromatic rings. The Bertz CT molecular complexity index is 1360. The summed E-state index contributed by atoms with van der Waals surface area (Å²) in [6, 6.07) is 19.4. The summed E-state index contributed by atoms with van der Waals surface area (Å²) in [5.74, 6) is -0.666. The highest BCUT2D eigenvalue weighted by Crippen LogP contribution is 2.20. The molecule has 0 aromatic heterocycles. The summed E-state index contributed by atoms with van der Waals surface area (Å²) in [5, 5.41) is 25.6. The molecule has 0 atom stereocenters. The maximum Gasteiger partial charge on any atom is 0.271 e. The predicted molar refractivity (Wildman–Crippen MR) is 132 cm³/mol. The molecule has 0 aliphatic rings.